The van der Waals surface area contributed by atoms with Crippen LogP contribution in [0.15, 0.2) is 35.3 Å². The highest BCUT2D eigenvalue weighted by molar-refractivity contribution is 7.78. The molecule has 0 saturated heterocycles. The lowest BCUT2D eigenvalue weighted by Gasteiger charge is -2.18. The first-order valence-electron chi connectivity index (χ1n) is 6.21. The Hall–Kier alpha value is -1.51. The Labute approximate surface area is 119 Å². The molecule has 0 heterocycles. The molecule has 0 spiro atoms. The Morgan fingerprint density at radius 3 is 2.53 bits per heavy atom. The van der Waals surface area contributed by atoms with Crippen LogP contribution in [0.25, 0.3) is 0 Å². The van der Waals surface area contributed by atoms with Crippen molar-refractivity contribution in [2.24, 2.45) is 10.4 Å². The first-order valence-corrected chi connectivity index (χ1v) is 6.62. The number of isothiocyanates is 1. The topological polar surface area (TPSA) is 38.7 Å². The Morgan fingerprint density at radius 2 is 2.00 bits per heavy atom. The third-order valence-electron chi connectivity index (χ3n) is 2.57. The van der Waals surface area contributed by atoms with E-state index in [9.17, 15) is 4.79 Å². The lowest BCUT2D eigenvalue weighted by atomic mass is 9.97. The molecule has 0 fully saturated rings. The number of esters is 1. The van der Waals surface area contributed by atoms with Crippen LogP contribution in [0, 0.1) is 5.41 Å². The Bertz CT molecular complexity index is 459. The molecule has 0 aliphatic rings. The van der Waals surface area contributed by atoms with Gasteiger partial charge in [0.25, 0.3) is 0 Å². The van der Waals surface area contributed by atoms with Crippen LogP contribution in [0.5, 0.6) is 0 Å². The monoisotopic (exact) mass is 277 g/mol. The van der Waals surface area contributed by atoms with E-state index in [1.807, 2.05) is 51.1 Å². The van der Waals surface area contributed by atoms with Crippen molar-refractivity contribution < 1.29 is 9.53 Å². The van der Waals surface area contributed by atoms with Gasteiger partial charge in [-0.25, -0.2) is 4.99 Å². The second-order valence-corrected chi connectivity index (χ2v) is 5.59. The van der Waals surface area contributed by atoms with E-state index in [1.54, 1.807) is 0 Å². The minimum absolute atomic E-state index is 0.175. The zero-order valence-corrected chi connectivity index (χ0v) is 12.4. The van der Waals surface area contributed by atoms with Gasteiger partial charge in [0.15, 0.2) is 0 Å². The van der Waals surface area contributed by atoms with E-state index in [-0.39, 0.29) is 18.6 Å². The number of hydrogen-bond donors (Lipinski definition) is 0. The molecule has 1 unspecified atom stereocenters. The molecule has 0 amide bonds. The molecule has 0 aliphatic carbocycles. The van der Waals surface area contributed by atoms with E-state index in [0.717, 1.165) is 5.56 Å². The second-order valence-electron chi connectivity index (χ2n) is 5.41. The van der Waals surface area contributed by atoms with Crippen molar-refractivity contribution in [3.63, 3.8) is 0 Å². The van der Waals surface area contributed by atoms with Gasteiger partial charge in [-0.15, -0.1) is 0 Å². The number of benzene rings is 1. The molecule has 4 heteroatoms. The molecule has 3 nitrogen and oxygen atoms in total. The van der Waals surface area contributed by atoms with Crippen LogP contribution in [0.1, 0.15) is 26.3 Å². The van der Waals surface area contributed by atoms with Crippen LogP contribution in [-0.2, 0) is 16.0 Å². The fourth-order valence-electron chi connectivity index (χ4n) is 1.49. The van der Waals surface area contributed by atoms with Crippen LogP contribution in [0.2, 0.25) is 0 Å². The van der Waals surface area contributed by atoms with Crippen molar-refractivity contribution in [1.82, 2.24) is 0 Å². The van der Waals surface area contributed by atoms with Crippen molar-refractivity contribution in [2.45, 2.75) is 33.2 Å². The number of hydrogen-bond acceptors (Lipinski definition) is 4. The highest BCUT2D eigenvalue weighted by Gasteiger charge is 2.24. The zero-order valence-electron chi connectivity index (χ0n) is 11.6. The highest BCUT2D eigenvalue weighted by atomic mass is 32.1. The molecule has 102 valence electrons. The molecule has 1 aromatic carbocycles. The molecule has 19 heavy (non-hydrogen) atoms. The molecule has 1 atom stereocenters. The molecule has 1 aromatic rings. The molecule has 0 aliphatic heterocycles. The van der Waals surface area contributed by atoms with E-state index in [2.05, 4.69) is 22.4 Å². The maximum Gasteiger partial charge on any atom is 0.311 e. The van der Waals surface area contributed by atoms with Gasteiger partial charge >= 0.3 is 5.97 Å². The molecule has 0 bridgehead atoms. The van der Waals surface area contributed by atoms with Crippen molar-refractivity contribution in [3.05, 3.63) is 35.9 Å². The summed E-state index contributed by atoms with van der Waals surface area (Å²) in [5.41, 5.74) is 0.631. The van der Waals surface area contributed by atoms with E-state index < -0.39 is 5.41 Å². The Balaban J connectivity index is 2.59. The number of thiocarbonyl (C=S) groups is 1. The van der Waals surface area contributed by atoms with Crippen LogP contribution in [0.3, 0.4) is 0 Å². The van der Waals surface area contributed by atoms with E-state index in [0.29, 0.717) is 6.42 Å². The fraction of sp³-hybridized carbons (Fsp3) is 0.467. The molecule has 1 rings (SSSR count). The molecular formula is C15H19NO2S. The van der Waals surface area contributed by atoms with Gasteiger partial charge in [0.2, 0.25) is 0 Å². The quantitative estimate of drug-likeness (QED) is 0.471. The number of carbonyl (C=O) groups is 1. The SMILES string of the molecule is CC(C)(C)C(=O)OCC(Cc1ccccc1)N=C=S. The summed E-state index contributed by atoms with van der Waals surface area (Å²) in [6.45, 7) is 5.70. The Morgan fingerprint density at radius 1 is 1.37 bits per heavy atom. The summed E-state index contributed by atoms with van der Waals surface area (Å²) < 4.78 is 5.27. The molecule has 0 aromatic heterocycles. The average molecular weight is 277 g/mol. The molecule has 0 N–H and O–H groups in total. The number of nitrogens with zero attached hydrogens (tertiary/aromatic N) is 1. The summed E-state index contributed by atoms with van der Waals surface area (Å²) in [5.74, 6) is -0.231. The summed E-state index contributed by atoms with van der Waals surface area (Å²) >= 11 is 4.64. The zero-order chi connectivity index (χ0) is 14.3. The predicted octanol–water partition coefficient (Wildman–Crippen LogP) is 3.29. The van der Waals surface area contributed by atoms with Crippen molar-refractivity contribution >= 4 is 23.3 Å². The van der Waals surface area contributed by atoms with E-state index >= 15 is 0 Å². The lowest BCUT2D eigenvalue weighted by Crippen LogP contribution is -2.27. The van der Waals surface area contributed by atoms with Crippen molar-refractivity contribution in [1.29, 1.82) is 0 Å². The molecule has 0 radical (unpaired) electrons. The molecule has 0 saturated carbocycles. The van der Waals surface area contributed by atoms with Gasteiger partial charge in [0, 0.05) is 0 Å². The largest absolute Gasteiger partial charge is 0.463 e. The van der Waals surface area contributed by atoms with Gasteiger partial charge in [-0.05, 0) is 45.0 Å². The minimum atomic E-state index is -0.501. The van der Waals surface area contributed by atoms with Gasteiger partial charge < -0.3 is 4.74 Å². The number of ether oxygens (including phenoxy) is 1. The average Bonchev–Trinajstić information content (AvgIpc) is 2.36. The summed E-state index contributed by atoms with van der Waals surface area (Å²) in [4.78, 5) is 15.8. The maximum atomic E-state index is 11.7. The highest BCUT2D eigenvalue weighted by Crippen LogP contribution is 2.16. The van der Waals surface area contributed by atoms with Gasteiger partial charge in [0.1, 0.15) is 6.61 Å². The number of carbonyl (C=O) groups excluding carboxylic acids is 1. The van der Waals surface area contributed by atoms with Gasteiger partial charge in [-0.2, -0.15) is 0 Å². The minimum Gasteiger partial charge on any atom is -0.463 e. The van der Waals surface area contributed by atoms with Crippen molar-refractivity contribution in [3.8, 4) is 0 Å². The Kier molecular flexibility index (Phi) is 5.87. The number of aliphatic imine (C=N–C) groups is 1. The van der Waals surface area contributed by atoms with Crippen LogP contribution >= 0.6 is 12.2 Å². The van der Waals surface area contributed by atoms with Gasteiger partial charge in [-0.3, -0.25) is 4.79 Å². The standard InChI is InChI=1S/C15H19NO2S/c1-15(2,3)14(17)18-10-13(16-11-19)9-12-7-5-4-6-8-12/h4-8,13H,9-10H2,1-3H3. The van der Waals surface area contributed by atoms with Crippen LogP contribution in [0.4, 0.5) is 0 Å². The summed E-state index contributed by atoms with van der Waals surface area (Å²) in [7, 11) is 0. The fourth-order valence-corrected chi connectivity index (χ4v) is 1.64. The van der Waals surface area contributed by atoms with E-state index in [4.69, 9.17) is 4.74 Å². The van der Waals surface area contributed by atoms with Gasteiger partial charge in [-0.1, -0.05) is 30.3 Å². The molecular weight excluding hydrogens is 258 g/mol. The van der Waals surface area contributed by atoms with Crippen molar-refractivity contribution in [2.75, 3.05) is 6.61 Å². The summed E-state index contributed by atoms with van der Waals surface area (Å²) in [6, 6.07) is 9.74. The third kappa shape index (κ3) is 5.77. The van der Waals surface area contributed by atoms with Crippen LogP contribution < -0.4 is 0 Å². The van der Waals surface area contributed by atoms with Crippen LogP contribution in [-0.4, -0.2) is 23.8 Å². The maximum absolute atomic E-state index is 11.7. The third-order valence-corrected chi connectivity index (χ3v) is 2.67. The first-order chi connectivity index (χ1) is 8.93. The smallest absolute Gasteiger partial charge is 0.311 e. The summed E-state index contributed by atoms with van der Waals surface area (Å²) in [5, 5.41) is 2.37. The lowest BCUT2D eigenvalue weighted by molar-refractivity contribution is -0.153. The first kappa shape index (κ1) is 15.5. The predicted molar refractivity (Wildman–Crippen MR) is 79.4 cm³/mol. The van der Waals surface area contributed by atoms with E-state index in [1.165, 1.54) is 0 Å². The van der Waals surface area contributed by atoms with Gasteiger partial charge in [0.05, 0.1) is 16.6 Å². The second kappa shape index (κ2) is 7.17. The normalized spacial score (nSPS) is 12.4. The summed E-state index contributed by atoms with van der Waals surface area (Å²) in [6.07, 6.45) is 0.682. The number of rotatable bonds is 5.